The fourth-order valence-electron chi connectivity index (χ4n) is 11.7. The molecule has 0 atom stereocenters. The number of benzene rings is 3. The molecule has 0 fully saturated rings. The molecule has 8 rings (SSSR count). The molecule has 0 aromatic heterocycles. The number of allylic oxidation sites excluding steroid dienone is 12. The van der Waals surface area contributed by atoms with Crippen molar-refractivity contribution in [3.8, 4) is 0 Å². The minimum absolute atomic E-state index is 0.0231. The molecule has 51 heavy (non-hydrogen) atoms. The summed E-state index contributed by atoms with van der Waals surface area (Å²) in [6.45, 7) is 19.2. The van der Waals surface area contributed by atoms with Gasteiger partial charge in [-0.25, -0.2) is 0 Å². The molecule has 0 bridgehead atoms. The van der Waals surface area contributed by atoms with E-state index < -0.39 is 0 Å². The smallest absolute Gasteiger partial charge is 0.0206 e. The first-order chi connectivity index (χ1) is 24.8. The van der Waals surface area contributed by atoms with E-state index in [2.05, 4.69) is 140 Å². The zero-order valence-electron chi connectivity index (χ0n) is 32.7. The summed E-state index contributed by atoms with van der Waals surface area (Å²) in [5, 5.41) is 0. The summed E-state index contributed by atoms with van der Waals surface area (Å²) in [6, 6.07) is 24.2. The van der Waals surface area contributed by atoms with E-state index in [1.165, 1.54) is 56.5 Å². The highest BCUT2D eigenvalue weighted by Crippen LogP contribution is 2.57. The molecule has 0 amide bonds. The van der Waals surface area contributed by atoms with Gasteiger partial charge in [0.2, 0.25) is 0 Å². The standard InChI is InChI=1S/C51H58/c1-9-49(10-2)43-21-17-15-19-39(43)41-27-23-35(30-47(41)49)33(7)29-45-34(8)38-26-24-36(31-46(38)51(45,13-5)14-6)37-25-28-42-40-20-16-18-22-44(40)50(11-3,12-4)48(42)32-37/h16-18,20-24,26-27,29-32H,9-15,19,25,28H2,1-8H3/b33-29+. The van der Waals surface area contributed by atoms with Gasteiger partial charge in [-0.05, 0) is 179 Å². The van der Waals surface area contributed by atoms with Gasteiger partial charge in [-0.15, -0.1) is 0 Å². The highest BCUT2D eigenvalue weighted by molar-refractivity contribution is 5.91. The van der Waals surface area contributed by atoms with Gasteiger partial charge in [-0.1, -0.05) is 114 Å². The van der Waals surface area contributed by atoms with E-state index in [4.69, 9.17) is 0 Å². The van der Waals surface area contributed by atoms with Gasteiger partial charge in [0.25, 0.3) is 0 Å². The zero-order chi connectivity index (χ0) is 35.7. The molecule has 0 unspecified atom stereocenters. The number of hydrogen-bond acceptors (Lipinski definition) is 0. The Balaban J connectivity index is 1.17. The molecular weight excluding hydrogens is 613 g/mol. The van der Waals surface area contributed by atoms with Gasteiger partial charge in [0, 0.05) is 16.2 Å². The molecule has 0 heterocycles. The van der Waals surface area contributed by atoms with Crippen LogP contribution in [0.15, 0.2) is 102 Å². The molecule has 5 aliphatic carbocycles. The Morgan fingerprint density at radius 1 is 0.627 bits per heavy atom. The van der Waals surface area contributed by atoms with Crippen molar-refractivity contribution in [1.82, 2.24) is 0 Å². The Labute approximate surface area is 308 Å². The minimum atomic E-state index is 0.0231. The van der Waals surface area contributed by atoms with Crippen molar-refractivity contribution >= 4 is 27.9 Å². The summed E-state index contributed by atoms with van der Waals surface area (Å²) in [5.74, 6) is 0. The van der Waals surface area contributed by atoms with Crippen molar-refractivity contribution in [3.63, 3.8) is 0 Å². The van der Waals surface area contributed by atoms with E-state index in [0.29, 0.717) is 0 Å². The highest BCUT2D eigenvalue weighted by atomic mass is 14.5. The maximum absolute atomic E-state index is 2.62. The van der Waals surface area contributed by atoms with Crippen molar-refractivity contribution in [1.29, 1.82) is 0 Å². The van der Waals surface area contributed by atoms with Gasteiger partial charge in [-0.2, -0.15) is 0 Å². The second-order valence-electron chi connectivity index (χ2n) is 16.2. The Hall–Kier alpha value is -3.90. The first kappa shape index (κ1) is 34.2. The van der Waals surface area contributed by atoms with Gasteiger partial charge >= 0.3 is 0 Å². The molecule has 0 spiro atoms. The summed E-state index contributed by atoms with van der Waals surface area (Å²) in [5.41, 5.74) is 24.5. The van der Waals surface area contributed by atoms with Crippen molar-refractivity contribution < 1.29 is 0 Å². The predicted molar refractivity (Wildman–Crippen MR) is 222 cm³/mol. The van der Waals surface area contributed by atoms with Gasteiger partial charge < -0.3 is 0 Å². The van der Waals surface area contributed by atoms with Crippen molar-refractivity contribution in [2.24, 2.45) is 0 Å². The summed E-state index contributed by atoms with van der Waals surface area (Å²) in [4.78, 5) is 0. The summed E-state index contributed by atoms with van der Waals surface area (Å²) in [6.07, 6.45) is 21.5. The van der Waals surface area contributed by atoms with Gasteiger partial charge in [0.05, 0.1) is 0 Å². The molecule has 0 heteroatoms. The van der Waals surface area contributed by atoms with E-state index in [0.717, 1.165) is 57.8 Å². The normalized spacial score (nSPS) is 20.7. The van der Waals surface area contributed by atoms with Gasteiger partial charge in [0.15, 0.2) is 0 Å². The molecule has 0 saturated heterocycles. The molecule has 0 saturated carbocycles. The largest absolute Gasteiger partial charge is 0.0839 e. The lowest BCUT2D eigenvalue weighted by atomic mass is 9.70. The lowest BCUT2D eigenvalue weighted by Crippen LogP contribution is -2.25. The first-order valence-corrected chi connectivity index (χ1v) is 20.4. The fraction of sp³-hybridized carbons (Fsp3) is 0.412. The van der Waals surface area contributed by atoms with Crippen LogP contribution >= 0.6 is 0 Å². The van der Waals surface area contributed by atoms with Crippen molar-refractivity contribution in [2.45, 2.75) is 136 Å². The van der Waals surface area contributed by atoms with Crippen molar-refractivity contribution in [2.75, 3.05) is 0 Å². The number of fused-ring (bicyclic) bond motifs is 5. The highest BCUT2D eigenvalue weighted by Gasteiger charge is 2.45. The second-order valence-corrected chi connectivity index (χ2v) is 16.2. The van der Waals surface area contributed by atoms with Crippen LogP contribution in [0.3, 0.4) is 0 Å². The Morgan fingerprint density at radius 2 is 1.25 bits per heavy atom. The third-order valence-electron chi connectivity index (χ3n) is 14.8. The molecule has 0 radical (unpaired) electrons. The Kier molecular flexibility index (Phi) is 8.48. The van der Waals surface area contributed by atoms with E-state index in [1.807, 2.05) is 0 Å². The maximum atomic E-state index is 2.62. The van der Waals surface area contributed by atoms with Crippen LogP contribution in [0, 0.1) is 0 Å². The fourth-order valence-corrected chi connectivity index (χ4v) is 11.7. The van der Waals surface area contributed by atoms with E-state index in [9.17, 15) is 0 Å². The average Bonchev–Trinajstić information content (AvgIpc) is 3.73. The molecule has 5 aliphatic rings. The first-order valence-electron chi connectivity index (χ1n) is 20.4. The number of hydrogen-bond donors (Lipinski definition) is 0. The zero-order valence-corrected chi connectivity index (χ0v) is 32.7. The Morgan fingerprint density at radius 3 is 1.98 bits per heavy atom. The summed E-state index contributed by atoms with van der Waals surface area (Å²) >= 11 is 0. The van der Waals surface area contributed by atoms with Crippen LogP contribution in [0.2, 0.25) is 0 Å². The van der Waals surface area contributed by atoms with E-state index >= 15 is 0 Å². The molecular formula is C51H58. The third-order valence-corrected chi connectivity index (χ3v) is 14.8. The Bertz CT molecular complexity index is 2120. The lowest BCUT2D eigenvalue weighted by Gasteiger charge is -2.33. The average molecular weight is 671 g/mol. The molecule has 3 aromatic carbocycles. The molecule has 0 N–H and O–H groups in total. The second kappa shape index (κ2) is 12.6. The van der Waals surface area contributed by atoms with Crippen LogP contribution in [0.4, 0.5) is 0 Å². The lowest BCUT2D eigenvalue weighted by molar-refractivity contribution is 0.485. The topological polar surface area (TPSA) is 0 Å². The third kappa shape index (κ3) is 4.63. The van der Waals surface area contributed by atoms with Crippen LogP contribution in [0.1, 0.15) is 164 Å². The molecule has 0 aliphatic heterocycles. The number of rotatable bonds is 9. The predicted octanol–water partition coefficient (Wildman–Crippen LogP) is 14.5. The molecule has 262 valence electrons. The van der Waals surface area contributed by atoms with Crippen LogP contribution in [-0.2, 0) is 16.2 Å². The van der Waals surface area contributed by atoms with Gasteiger partial charge in [-0.3, -0.25) is 0 Å². The quantitative estimate of drug-likeness (QED) is 0.213. The maximum Gasteiger partial charge on any atom is 0.0206 e. The van der Waals surface area contributed by atoms with Crippen molar-refractivity contribution in [3.05, 3.63) is 146 Å². The molecule has 3 aromatic rings. The van der Waals surface area contributed by atoms with Crippen LogP contribution in [0.25, 0.3) is 27.9 Å². The van der Waals surface area contributed by atoms with E-state index in [1.54, 1.807) is 39.0 Å². The van der Waals surface area contributed by atoms with Gasteiger partial charge in [0.1, 0.15) is 0 Å². The summed E-state index contributed by atoms with van der Waals surface area (Å²) in [7, 11) is 0. The molecule has 0 nitrogen and oxygen atoms in total. The van der Waals surface area contributed by atoms with Crippen LogP contribution in [-0.4, -0.2) is 0 Å². The minimum Gasteiger partial charge on any atom is -0.0839 e. The summed E-state index contributed by atoms with van der Waals surface area (Å²) < 4.78 is 0. The SMILES string of the molecule is CCC1(CC)C2=C(CCC=C2)c2ccc(/C(C)=C/C3=C(C)c4ccc(C5=CC6=C(CC5)c5ccccc5C6(CC)CC)cc4C3(CC)CC)cc21. The van der Waals surface area contributed by atoms with Crippen LogP contribution in [0.5, 0.6) is 0 Å². The van der Waals surface area contributed by atoms with Crippen LogP contribution < -0.4 is 0 Å². The van der Waals surface area contributed by atoms with E-state index in [-0.39, 0.29) is 16.2 Å². The monoisotopic (exact) mass is 670 g/mol.